The minimum Gasteiger partial charge on any atom is -0.443 e. The highest BCUT2D eigenvalue weighted by Gasteiger charge is 2.52. The van der Waals surface area contributed by atoms with E-state index in [4.69, 9.17) is 28.1 Å². The van der Waals surface area contributed by atoms with Gasteiger partial charge in [-0.15, -0.1) is 0 Å². The van der Waals surface area contributed by atoms with Crippen molar-refractivity contribution in [3.8, 4) is 0 Å². The Balaban J connectivity index is 2.00. The van der Waals surface area contributed by atoms with Crippen molar-refractivity contribution in [3.05, 3.63) is 11.6 Å². The summed E-state index contributed by atoms with van der Waals surface area (Å²) in [7, 11) is -2.19. The minimum absolute atomic E-state index is 0.0366. The number of aliphatic hydroxyl groups is 1. The predicted molar refractivity (Wildman–Crippen MR) is 129 cm³/mol. The van der Waals surface area contributed by atoms with Crippen molar-refractivity contribution in [1.29, 1.82) is 0 Å². The van der Waals surface area contributed by atoms with Gasteiger partial charge in [0.2, 0.25) is 0 Å². The van der Waals surface area contributed by atoms with E-state index in [1.54, 1.807) is 54.5 Å². The summed E-state index contributed by atoms with van der Waals surface area (Å²) in [5.74, 6) is -2.38. The Morgan fingerprint density at radius 2 is 1.60 bits per heavy atom. The van der Waals surface area contributed by atoms with Crippen molar-refractivity contribution < 1.29 is 42.8 Å². The molecule has 3 aliphatic heterocycles. The third kappa shape index (κ3) is 6.91. The second-order valence-electron chi connectivity index (χ2n) is 12.1. The number of carbonyl (C=O) groups excluding carboxylic acids is 2. The van der Waals surface area contributed by atoms with Crippen LogP contribution in [0.25, 0.3) is 0 Å². The first kappa shape index (κ1) is 28.2. The highest BCUT2D eigenvalue weighted by atomic mass is 28.4. The molecule has 1 N–H and O–H groups in total. The Hall–Kier alpha value is -1.34. The molecule has 0 spiro atoms. The van der Waals surface area contributed by atoms with Gasteiger partial charge in [0.05, 0.1) is 25.4 Å². The molecular formula is C24H41NO9Si. The van der Waals surface area contributed by atoms with Crippen molar-refractivity contribution in [1.82, 2.24) is 4.90 Å². The number of rotatable bonds is 6. The monoisotopic (exact) mass is 515 g/mol. The lowest BCUT2D eigenvalue weighted by molar-refractivity contribution is -0.154. The lowest BCUT2D eigenvalue weighted by atomic mass is 10.0. The molecule has 11 heteroatoms. The average molecular weight is 516 g/mol. The molecule has 0 saturated carbocycles. The molecule has 0 aromatic rings. The summed E-state index contributed by atoms with van der Waals surface area (Å²) in [4.78, 5) is 27.9. The van der Waals surface area contributed by atoms with Crippen molar-refractivity contribution in [2.45, 2.75) is 116 Å². The molecule has 35 heavy (non-hydrogen) atoms. The summed E-state index contributed by atoms with van der Waals surface area (Å²) in [6, 6.07) is -0.869. The summed E-state index contributed by atoms with van der Waals surface area (Å²) < 4.78 is 35.3. The third-order valence-corrected chi connectivity index (χ3v) is 6.61. The Morgan fingerprint density at radius 1 is 1.09 bits per heavy atom. The van der Waals surface area contributed by atoms with E-state index in [2.05, 4.69) is 0 Å². The van der Waals surface area contributed by atoms with Crippen LogP contribution in [-0.2, 0) is 32.9 Å². The molecular weight excluding hydrogens is 474 g/mol. The third-order valence-electron chi connectivity index (χ3n) is 5.63. The Bertz CT molecular complexity index is 858. The zero-order chi connectivity index (χ0) is 26.6. The van der Waals surface area contributed by atoms with Crippen LogP contribution in [0.15, 0.2) is 11.6 Å². The van der Waals surface area contributed by atoms with E-state index in [1.165, 1.54) is 0 Å². The number of hydrogen-bond donors (Lipinski definition) is 1. The van der Waals surface area contributed by atoms with Crippen LogP contribution in [0.4, 0.5) is 4.79 Å². The zero-order valence-corrected chi connectivity index (χ0v) is 23.5. The Kier molecular flexibility index (Phi) is 7.67. The van der Waals surface area contributed by atoms with Gasteiger partial charge in [-0.05, 0) is 74.2 Å². The molecule has 5 atom stereocenters. The number of amides is 2. The number of imide groups is 1. The molecule has 2 saturated heterocycles. The van der Waals surface area contributed by atoms with E-state index in [0.29, 0.717) is 0 Å². The first-order chi connectivity index (χ1) is 15.8. The fourth-order valence-electron chi connectivity index (χ4n) is 4.31. The van der Waals surface area contributed by atoms with Crippen molar-refractivity contribution in [2.75, 3.05) is 13.2 Å². The Morgan fingerprint density at radius 3 is 2.03 bits per heavy atom. The maximum absolute atomic E-state index is 13.6. The molecule has 0 aromatic heterocycles. The van der Waals surface area contributed by atoms with Gasteiger partial charge in [0.15, 0.2) is 19.9 Å². The SMILES string of the molecule is CC(C)(C)OC(=O)N1C(=O)C([C@@H](O)[C@H]2COC(C)(C)O2)=C[C@H]1[C@@H](O[Si](C)(C)C)[C@@H]1COC(C)(C)O1. The quantitative estimate of drug-likeness (QED) is 0.533. The van der Waals surface area contributed by atoms with Gasteiger partial charge in [-0.1, -0.05) is 0 Å². The molecule has 3 aliphatic rings. The second-order valence-corrected chi connectivity index (χ2v) is 16.6. The Labute approximate surface area is 208 Å². The van der Waals surface area contributed by atoms with Crippen molar-refractivity contribution in [2.24, 2.45) is 0 Å². The molecule has 0 bridgehead atoms. The highest BCUT2D eigenvalue weighted by Crippen LogP contribution is 2.36. The number of ether oxygens (including phenoxy) is 5. The van der Waals surface area contributed by atoms with E-state index in [9.17, 15) is 14.7 Å². The van der Waals surface area contributed by atoms with Crippen molar-refractivity contribution in [3.63, 3.8) is 0 Å². The highest BCUT2D eigenvalue weighted by molar-refractivity contribution is 6.69. The normalized spacial score (nSPS) is 30.4. The fraction of sp³-hybridized carbons (Fsp3) is 0.833. The van der Waals surface area contributed by atoms with Crippen LogP contribution >= 0.6 is 0 Å². The largest absolute Gasteiger partial charge is 0.443 e. The number of nitrogens with zero attached hydrogens (tertiary/aromatic N) is 1. The number of hydrogen-bond acceptors (Lipinski definition) is 9. The lowest BCUT2D eigenvalue weighted by Crippen LogP contribution is -2.55. The van der Waals surface area contributed by atoms with Crippen LogP contribution in [-0.4, -0.2) is 91.2 Å². The summed E-state index contributed by atoms with van der Waals surface area (Å²) in [6.07, 6.45) is -2.58. The van der Waals surface area contributed by atoms with Gasteiger partial charge in [-0.3, -0.25) is 4.79 Å². The summed E-state index contributed by atoms with van der Waals surface area (Å²) in [5, 5.41) is 11.1. The van der Waals surface area contributed by atoms with Gasteiger partial charge < -0.3 is 33.2 Å². The van der Waals surface area contributed by atoms with Gasteiger partial charge in [0.1, 0.15) is 23.9 Å². The molecule has 200 valence electrons. The van der Waals surface area contributed by atoms with E-state index in [-0.39, 0.29) is 18.8 Å². The number of carbonyl (C=O) groups is 2. The molecule has 3 rings (SSSR count). The van der Waals surface area contributed by atoms with Gasteiger partial charge in [0.25, 0.3) is 5.91 Å². The van der Waals surface area contributed by atoms with E-state index in [1.807, 2.05) is 19.6 Å². The molecule has 0 radical (unpaired) electrons. The molecule has 10 nitrogen and oxygen atoms in total. The standard InChI is InChI=1S/C24H41NO9Si/c1-22(2,3)33-21(28)25-15(19(34-35(8,9)10)17-13-30-24(6,7)32-17)11-14(20(25)27)18(26)16-12-29-23(4,5)31-16/h11,15-19,26H,12-13H2,1-10H3/t15-,16+,17-,18+,19+/m0/s1. The molecule has 0 unspecified atom stereocenters. The summed E-state index contributed by atoms with van der Waals surface area (Å²) in [6.45, 7) is 18.6. The van der Waals surface area contributed by atoms with Crippen LogP contribution in [0.2, 0.25) is 19.6 Å². The van der Waals surface area contributed by atoms with Crippen molar-refractivity contribution >= 4 is 20.3 Å². The van der Waals surface area contributed by atoms with Gasteiger partial charge in [0, 0.05) is 5.57 Å². The maximum Gasteiger partial charge on any atom is 0.417 e. The van der Waals surface area contributed by atoms with Gasteiger partial charge >= 0.3 is 6.09 Å². The fourth-order valence-corrected chi connectivity index (χ4v) is 5.42. The smallest absolute Gasteiger partial charge is 0.417 e. The van der Waals surface area contributed by atoms with Crippen LogP contribution in [0.5, 0.6) is 0 Å². The van der Waals surface area contributed by atoms with Crippen LogP contribution in [0.3, 0.4) is 0 Å². The second kappa shape index (κ2) is 9.51. The average Bonchev–Trinajstić information content (AvgIpc) is 3.31. The summed E-state index contributed by atoms with van der Waals surface area (Å²) >= 11 is 0. The molecule has 2 fully saturated rings. The number of aliphatic hydroxyl groups excluding tert-OH is 1. The molecule has 0 aliphatic carbocycles. The molecule has 3 heterocycles. The topological polar surface area (TPSA) is 113 Å². The van der Waals surface area contributed by atoms with E-state index >= 15 is 0 Å². The lowest BCUT2D eigenvalue weighted by Gasteiger charge is -2.37. The zero-order valence-electron chi connectivity index (χ0n) is 22.5. The summed E-state index contributed by atoms with van der Waals surface area (Å²) in [5.41, 5.74) is -0.797. The van der Waals surface area contributed by atoms with Gasteiger partial charge in [-0.25, -0.2) is 9.69 Å². The van der Waals surface area contributed by atoms with E-state index in [0.717, 1.165) is 4.90 Å². The molecule has 0 aromatic carbocycles. The maximum atomic E-state index is 13.6. The van der Waals surface area contributed by atoms with Crippen LogP contribution < -0.4 is 0 Å². The minimum atomic E-state index is -2.19. The van der Waals surface area contributed by atoms with Gasteiger partial charge in [-0.2, -0.15) is 0 Å². The van der Waals surface area contributed by atoms with Crippen LogP contribution in [0, 0.1) is 0 Å². The first-order valence-electron chi connectivity index (χ1n) is 12.1. The first-order valence-corrected chi connectivity index (χ1v) is 15.5. The van der Waals surface area contributed by atoms with E-state index < -0.39 is 68.0 Å². The predicted octanol–water partition coefficient (Wildman–Crippen LogP) is 2.94. The molecule has 2 amide bonds. The van der Waals surface area contributed by atoms with Crippen LogP contribution in [0.1, 0.15) is 48.5 Å².